The summed E-state index contributed by atoms with van der Waals surface area (Å²) >= 11 is 0. The lowest BCUT2D eigenvalue weighted by Gasteiger charge is -2.16. The Bertz CT molecular complexity index is 1340. The predicted molar refractivity (Wildman–Crippen MR) is 109 cm³/mol. The van der Waals surface area contributed by atoms with E-state index in [0.29, 0.717) is 39.1 Å². The molecule has 8 nitrogen and oxygen atoms in total. The van der Waals surface area contributed by atoms with Crippen molar-refractivity contribution in [1.82, 2.24) is 20.1 Å². The van der Waals surface area contributed by atoms with Gasteiger partial charge in [-0.3, -0.25) is 9.48 Å². The Labute approximate surface area is 165 Å². The molecule has 0 aliphatic carbocycles. The second-order valence-corrected chi connectivity index (χ2v) is 7.16. The summed E-state index contributed by atoms with van der Waals surface area (Å²) in [6.07, 6.45) is 0.506. The molecule has 0 unspecified atom stereocenters. The summed E-state index contributed by atoms with van der Waals surface area (Å²) in [7, 11) is 1.83. The van der Waals surface area contributed by atoms with E-state index in [1.54, 1.807) is 36.9 Å². The largest absolute Gasteiger partial charge is 0.465 e. The molecule has 29 heavy (non-hydrogen) atoms. The van der Waals surface area contributed by atoms with Gasteiger partial charge in [-0.1, -0.05) is 6.07 Å². The maximum atomic E-state index is 13.1. The lowest BCUT2D eigenvalue weighted by atomic mass is 9.99. The van der Waals surface area contributed by atoms with Gasteiger partial charge in [-0.2, -0.15) is 5.10 Å². The average Bonchev–Trinajstić information content (AvgIpc) is 3.04. The fraction of sp³-hybridized carbons (Fsp3) is 0.238. The minimum absolute atomic E-state index is 0.165. The normalized spacial score (nSPS) is 12.4. The Balaban J connectivity index is 1.99. The molecule has 3 aromatic heterocycles. The highest BCUT2D eigenvalue weighted by Gasteiger charge is 2.20. The van der Waals surface area contributed by atoms with Crippen LogP contribution in [0.1, 0.15) is 29.7 Å². The van der Waals surface area contributed by atoms with Gasteiger partial charge in [0, 0.05) is 18.2 Å². The summed E-state index contributed by atoms with van der Waals surface area (Å²) < 4.78 is 7.90. The van der Waals surface area contributed by atoms with Crippen LogP contribution in [0.15, 0.2) is 39.7 Å². The number of pyridine rings is 1. The van der Waals surface area contributed by atoms with E-state index in [9.17, 15) is 9.59 Å². The third kappa shape index (κ3) is 3.12. The Morgan fingerprint density at radius 3 is 2.76 bits per heavy atom. The number of nitrogens with zero attached hydrogens (tertiary/aromatic N) is 3. The van der Waals surface area contributed by atoms with Gasteiger partial charge in [0.15, 0.2) is 11.2 Å². The topological polar surface area (TPSA) is 110 Å². The predicted octanol–water partition coefficient (Wildman–Crippen LogP) is 3.69. The van der Waals surface area contributed by atoms with Gasteiger partial charge in [0.25, 0.3) is 0 Å². The molecule has 4 rings (SSSR count). The quantitative estimate of drug-likeness (QED) is 0.550. The molecule has 0 aliphatic rings. The molecule has 0 fully saturated rings. The van der Waals surface area contributed by atoms with E-state index in [0.717, 1.165) is 11.1 Å². The van der Waals surface area contributed by atoms with Crippen molar-refractivity contribution >= 4 is 28.1 Å². The molecule has 4 aromatic rings. The lowest BCUT2D eigenvalue weighted by Crippen LogP contribution is -2.25. The van der Waals surface area contributed by atoms with Crippen LogP contribution in [-0.2, 0) is 7.05 Å². The summed E-state index contributed by atoms with van der Waals surface area (Å²) in [4.78, 5) is 28.8. The highest BCUT2D eigenvalue weighted by Crippen LogP contribution is 2.30. The first-order valence-corrected chi connectivity index (χ1v) is 9.13. The van der Waals surface area contributed by atoms with Crippen molar-refractivity contribution in [3.63, 3.8) is 0 Å². The molecule has 0 bridgehead atoms. The van der Waals surface area contributed by atoms with E-state index in [-0.39, 0.29) is 5.43 Å². The third-order valence-electron chi connectivity index (χ3n) is 5.04. The van der Waals surface area contributed by atoms with Crippen LogP contribution < -0.4 is 10.7 Å². The van der Waals surface area contributed by atoms with Crippen molar-refractivity contribution in [1.29, 1.82) is 0 Å². The Morgan fingerprint density at radius 1 is 1.28 bits per heavy atom. The van der Waals surface area contributed by atoms with Gasteiger partial charge < -0.3 is 14.8 Å². The Morgan fingerprint density at radius 2 is 2.03 bits per heavy atom. The lowest BCUT2D eigenvalue weighted by molar-refractivity contribution is 0.191. The number of hydrogen-bond donors (Lipinski definition) is 2. The number of benzene rings is 1. The SMILES string of the molecule is Cc1cc([C@@H](C)NC(=O)O)c2oc(-c3ccc4c(cnn4C)n3)c(C)c(=O)c2c1. The monoisotopic (exact) mass is 392 g/mol. The van der Waals surface area contributed by atoms with Crippen LogP contribution in [-0.4, -0.2) is 26.0 Å². The number of amides is 1. The van der Waals surface area contributed by atoms with Crippen LogP contribution in [0.3, 0.4) is 0 Å². The molecule has 0 saturated carbocycles. The minimum atomic E-state index is -1.15. The van der Waals surface area contributed by atoms with Gasteiger partial charge in [0.1, 0.15) is 16.8 Å². The smallest absolute Gasteiger partial charge is 0.405 e. The number of carboxylic acid groups (broad SMARTS) is 1. The van der Waals surface area contributed by atoms with E-state index in [1.807, 2.05) is 26.1 Å². The first-order valence-electron chi connectivity index (χ1n) is 9.13. The Kier molecular flexibility index (Phi) is 4.34. The van der Waals surface area contributed by atoms with Crippen molar-refractivity contribution in [2.24, 2.45) is 7.05 Å². The summed E-state index contributed by atoms with van der Waals surface area (Å²) in [6, 6.07) is 6.69. The van der Waals surface area contributed by atoms with Gasteiger partial charge in [-0.15, -0.1) is 0 Å². The number of rotatable bonds is 3. The summed E-state index contributed by atoms with van der Waals surface area (Å²) in [5.74, 6) is 0.362. The van der Waals surface area contributed by atoms with Crippen molar-refractivity contribution in [2.45, 2.75) is 26.8 Å². The van der Waals surface area contributed by atoms with Crippen LogP contribution >= 0.6 is 0 Å². The average molecular weight is 392 g/mol. The number of carbonyl (C=O) groups is 1. The number of aromatic nitrogens is 3. The van der Waals surface area contributed by atoms with Crippen molar-refractivity contribution in [3.8, 4) is 11.5 Å². The second-order valence-electron chi connectivity index (χ2n) is 7.16. The molecular formula is C21H20N4O4. The van der Waals surface area contributed by atoms with E-state index >= 15 is 0 Å². The molecule has 8 heteroatoms. The number of hydrogen-bond acceptors (Lipinski definition) is 5. The van der Waals surface area contributed by atoms with Crippen molar-refractivity contribution < 1.29 is 14.3 Å². The van der Waals surface area contributed by atoms with Crippen LogP contribution in [0.25, 0.3) is 33.5 Å². The molecular weight excluding hydrogens is 372 g/mol. The number of aryl methyl sites for hydroxylation is 2. The molecule has 2 N–H and O–H groups in total. The van der Waals surface area contributed by atoms with E-state index in [2.05, 4.69) is 15.4 Å². The van der Waals surface area contributed by atoms with Gasteiger partial charge in [0.05, 0.1) is 23.1 Å². The highest BCUT2D eigenvalue weighted by atomic mass is 16.4. The van der Waals surface area contributed by atoms with Crippen molar-refractivity contribution in [3.05, 3.63) is 57.4 Å². The summed E-state index contributed by atoms with van der Waals surface area (Å²) in [5.41, 5.74) is 4.17. The third-order valence-corrected chi connectivity index (χ3v) is 5.04. The fourth-order valence-corrected chi connectivity index (χ4v) is 3.56. The minimum Gasteiger partial charge on any atom is -0.465 e. The molecule has 148 valence electrons. The van der Waals surface area contributed by atoms with Crippen LogP contribution in [0.5, 0.6) is 0 Å². The molecule has 1 atom stereocenters. The summed E-state index contributed by atoms with van der Waals surface area (Å²) in [6.45, 7) is 5.27. The van der Waals surface area contributed by atoms with Gasteiger partial charge in [-0.05, 0) is 44.5 Å². The van der Waals surface area contributed by atoms with Gasteiger partial charge in [0.2, 0.25) is 0 Å². The van der Waals surface area contributed by atoms with E-state index in [4.69, 9.17) is 9.52 Å². The van der Waals surface area contributed by atoms with Crippen LogP contribution in [0.2, 0.25) is 0 Å². The van der Waals surface area contributed by atoms with Crippen LogP contribution in [0, 0.1) is 13.8 Å². The van der Waals surface area contributed by atoms with Gasteiger partial charge in [-0.25, -0.2) is 9.78 Å². The zero-order chi connectivity index (χ0) is 20.9. The molecule has 0 saturated heterocycles. The fourth-order valence-electron chi connectivity index (χ4n) is 3.56. The maximum Gasteiger partial charge on any atom is 0.405 e. The second kappa shape index (κ2) is 6.73. The Hall–Kier alpha value is -3.68. The molecule has 1 aromatic carbocycles. The zero-order valence-corrected chi connectivity index (χ0v) is 16.5. The zero-order valence-electron chi connectivity index (χ0n) is 16.5. The summed E-state index contributed by atoms with van der Waals surface area (Å²) in [5, 5.41) is 16.1. The molecule has 0 spiro atoms. The highest BCUT2D eigenvalue weighted by molar-refractivity contribution is 5.85. The van der Waals surface area contributed by atoms with Gasteiger partial charge >= 0.3 is 6.09 Å². The van der Waals surface area contributed by atoms with E-state index in [1.165, 1.54) is 0 Å². The van der Waals surface area contributed by atoms with Crippen LogP contribution in [0.4, 0.5) is 4.79 Å². The van der Waals surface area contributed by atoms with E-state index < -0.39 is 12.1 Å². The molecule has 1 amide bonds. The maximum absolute atomic E-state index is 13.1. The standard InChI is InChI=1S/C21H20N4O4/c1-10-7-13(12(3)23-21(27)28)20-14(8-10)18(26)11(2)19(29-20)15-5-6-17-16(24-15)9-22-25(17)4/h5-9,12,23H,1-4H3,(H,27,28)/t12-/m1/s1. The first kappa shape index (κ1) is 18.7. The molecule has 0 aliphatic heterocycles. The van der Waals surface area contributed by atoms with Crippen molar-refractivity contribution in [2.75, 3.05) is 0 Å². The number of fused-ring (bicyclic) bond motifs is 2. The molecule has 0 radical (unpaired) electrons. The molecule has 3 heterocycles. The number of nitrogens with one attached hydrogen (secondary N) is 1. The first-order chi connectivity index (χ1) is 13.8.